The molecule has 1 aliphatic carbocycles. The van der Waals surface area contributed by atoms with E-state index in [4.69, 9.17) is 0 Å². The van der Waals surface area contributed by atoms with Crippen LogP contribution in [0.15, 0.2) is 55.1 Å². The molecule has 4 heterocycles. The molecule has 0 aliphatic heterocycles. The van der Waals surface area contributed by atoms with Crippen molar-refractivity contribution in [1.29, 1.82) is 0 Å². The molecule has 11 heteroatoms. The highest BCUT2D eigenvalue weighted by molar-refractivity contribution is 7.22. The maximum Gasteiger partial charge on any atom is 0.223 e. The molecule has 188 valence electrons. The van der Waals surface area contributed by atoms with Crippen molar-refractivity contribution in [2.45, 2.75) is 38.4 Å². The maximum absolute atomic E-state index is 14.9. The fraction of sp³-hybridized carbons (Fsp3) is 0.269. The first-order chi connectivity index (χ1) is 18.0. The lowest BCUT2D eigenvalue weighted by molar-refractivity contribution is 0.556. The van der Waals surface area contributed by atoms with E-state index in [0.717, 1.165) is 39.6 Å². The molecule has 0 spiro atoms. The van der Waals surface area contributed by atoms with Crippen molar-refractivity contribution < 1.29 is 8.78 Å². The molecule has 1 saturated carbocycles. The summed E-state index contributed by atoms with van der Waals surface area (Å²) in [5.74, 6) is -0.713. The van der Waals surface area contributed by atoms with Crippen LogP contribution in [0.25, 0.3) is 31.8 Å². The van der Waals surface area contributed by atoms with Crippen molar-refractivity contribution in [2.24, 2.45) is 0 Å². The predicted molar refractivity (Wildman–Crippen MR) is 139 cm³/mol. The van der Waals surface area contributed by atoms with Gasteiger partial charge in [-0.2, -0.15) is 4.39 Å². The van der Waals surface area contributed by atoms with Gasteiger partial charge in [-0.15, -0.1) is 16.4 Å². The summed E-state index contributed by atoms with van der Waals surface area (Å²) in [6.07, 6.45) is 8.46. The van der Waals surface area contributed by atoms with Crippen molar-refractivity contribution >= 4 is 27.4 Å². The predicted octanol–water partition coefficient (Wildman–Crippen LogP) is 5.22. The normalized spacial score (nSPS) is 14.2. The number of anilines is 1. The lowest BCUT2D eigenvalue weighted by atomic mass is 9.96. The molecule has 0 saturated heterocycles. The Labute approximate surface area is 215 Å². The minimum Gasteiger partial charge on any atom is -0.352 e. The van der Waals surface area contributed by atoms with Gasteiger partial charge in [0.25, 0.3) is 0 Å². The van der Waals surface area contributed by atoms with Crippen molar-refractivity contribution in [1.82, 2.24) is 35.3 Å². The Morgan fingerprint density at radius 2 is 2.03 bits per heavy atom. The first kappa shape index (κ1) is 23.6. The molecule has 5 aromatic rings. The SMILES string of the molecule is CC(NC1CC1)c1cnc(F)cc1-c1cccc2cc(-c3nc(NCCn4ccnn4)ncc3F)sc12. The zero-order valence-corrected chi connectivity index (χ0v) is 20.8. The summed E-state index contributed by atoms with van der Waals surface area (Å²) in [6, 6.07) is 9.79. The van der Waals surface area contributed by atoms with Gasteiger partial charge in [0.1, 0.15) is 5.69 Å². The molecule has 6 rings (SSSR count). The fourth-order valence-electron chi connectivity index (χ4n) is 4.36. The molecule has 0 bridgehead atoms. The first-order valence-electron chi connectivity index (χ1n) is 12.1. The van der Waals surface area contributed by atoms with Gasteiger partial charge in [0.15, 0.2) is 5.82 Å². The number of fused-ring (bicyclic) bond motifs is 1. The van der Waals surface area contributed by atoms with Gasteiger partial charge >= 0.3 is 0 Å². The quantitative estimate of drug-likeness (QED) is 0.259. The van der Waals surface area contributed by atoms with Crippen molar-refractivity contribution in [3.05, 3.63) is 72.4 Å². The summed E-state index contributed by atoms with van der Waals surface area (Å²) in [5, 5.41) is 15.3. The van der Waals surface area contributed by atoms with Crippen LogP contribution < -0.4 is 10.6 Å². The summed E-state index contributed by atoms with van der Waals surface area (Å²) < 4.78 is 31.8. The number of hydrogen-bond acceptors (Lipinski definition) is 8. The highest BCUT2D eigenvalue weighted by Crippen LogP contribution is 2.41. The monoisotopic (exact) mass is 518 g/mol. The largest absolute Gasteiger partial charge is 0.352 e. The summed E-state index contributed by atoms with van der Waals surface area (Å²) in [6.45, 7) is 3.15. The third-order valence-corrected chi connectivity index (χ3v) is 7.53. The molecule has 1 unspecified atom stereocenters. The van der Waals surface area contributed by atoms with Crippen LogP contribution in [0.2, 0.25) is 0 Å². The molecule has 0 amide bonds. The third-order valence-electron chi connectivity index (χ3n) is 6.34. The average Bonchev–Trinajstić information content (AvgIpc) is 3.36. The first-order valence-corrected chi connectivity index (χ1v) is 12.9. The maximum atomic E-state index is 14.9. The zero-order valence-electron chi connectivity index (χ0n) is 20.0. The van der Waals surface area contributed by atoms with Crippen LogP contribution in [0.5, 0.6) is 0 Å². The third kappa shape index (κ3) is 5.05. The van der Waals surface area contributed by atoms with Gasteiger partial charge in [-0.05, 0) is 42.3 Å². The van der Waals surface area contributed by atoms with Crippen LogP contribution in [0.4, 0.5) is 14.7 Å². The lowest BCUT2D eigenvalue weighted by Crippen LogP contribution is -2.21. The van der Waals surface area contributed by atoms with Crippen molar-refractivity contribution in [2.75, 3.05) is 11.9 Å². The Morgan fingerprint density at radius 1 is 1.14 bits per heavy atom. The number of aromatic nitrogens is 6. The number of hydrogen-bond donors (Lipinski definition) is 2. The minimum absolute atomic E-state index is 0.0238. The molecule has 8 nitrogen and oxygen atoms in total. The summed E-state index contributed by atoms with van der Waals surface area (Å²) in [4.78, 5) is 13.1. The number of nitrogens with one attached hydrogen (secondary N) is 2. The molecular weight excluding hydrogens is 494 g/mol. The second kappa shape index (κ2) is 9.91. The molecule has 1 atom stereocenters. The second-order valence-corrected chi connectivity index (χ2v) is 10.1. The Bertz CT molecular complexity index is 1550. The smallest absolute Gasteiger partial charge is 0.223 e. The van der Waals surface area contributed by atoms with E-state index < -0.39 is 11.8 Å². The number of nitrogens with zero attached hydrogens (tertiary/aromatic N) is 6. The van der Waals surface area contributed by atoms with Crippen LogP contribution in [-0.2, 0) is 6.54 Å². The Balaban J connectivity index is 1.34. The van der Waals surface area contributed by atoms with Crippen LogP contribution >= 0.6 is 11.3 Å². The molecule has 2 N–H and O–H groups in total. The fourth-order valence-corrected chi connectivity index (χ4v) is 5.54. The van der Waals surface area contributed by atoms with Gasteiger partial charge in [0, 0.05) is 47.4 Å². The summed E-state index contributed by atoms with van der Waals surface area (Å²) in [7, 11) is 0. The van der Waals surface area contributed by atoms with E-state index in [1.165, 1.54) is 23.6 Å². The molecule has 4 aromatic heterocycles. The Kier molecular flexibility index (Phi) is 6.31. The van der Waals surface area contributed by atoms with Gasteiger partial charge < -0.3 is 10.6 Å². The minimum atomic E-state index is -0.533. The van der Waals surface area contributed by atoms with E-state index in [-0.39, 0.29) is 11.7 Å². The van der Waals surface area contributed by atoms with E-state index in [9.17, 15) is 8.78 Å². The van der Waals surface area contributed by atoms with Gasteiger partial charge in [-0.1, -0.05) is 23.4 Å². The Hall–Kier alpha value is -3.83. The molecule has 37 heavy (non-hydrogen) atoms. The lowest BCUT2D eigenvalue weighted by Gasteiger charge is -2.18. The summed E-state index contributed by atoms with van der Waals surface area (Å²) in [5.41, 5.74) is 2.82. The number of pyridine rings is 1. The van der Waals surface area contributed by atoms with Crippen LogP contribution in [0.3, 0.4) is 0 Å². The van der Waals surface area contributed by atoms with Gasteiger partial charge in [0.05, 0.1) is 23.8 Å². The van der Waals surface area contributed by atoms with Crippen LogP contribution in [0, 0.1) is 11.8 Å². The molecule has 1 aliphatic rings. The van der Waals surface area contributed by atoms with E-state index in [1.54, 1.807) is 23.3 Å². The summed E-state index contributed by atoms with van der Waals surface area (Å²) >= 11 is 1.43. The number of rotatable bonds is 9. The molecule has 0 radical (unpaired) electrons. The van der Waals surface area contributed by atoms with E-state index in [2.05, 4.69) is 42.8 Å². The Morgan fingerprint density at radius 3 is 2.84 bits per heavy atom. The van der Waals surface area contributed by atoms with E-state index in [0.29, 0.717) is 30.0 Å². The van der Waals surface area contributed by atoms with Crippen molar-refractivity contribution in [3.63, 3.8) is 0 Å². The number of thiophene rings is 1. The van der Waals surface area contributed by atoms with Crippen LogP contribution in [0.1, 0.15) is 31.4 Å². The van der Waals surface area contributed by atoms with Crippen LogP contribution in [-0.4, -0.2) is 42.5 Å². The topological polar surface area (TPSA) is 93.4 Å². The van der Waals surface area contributed by atoms with Gasteiger partial charge in [-0.3, -0.25) is 4.68 Å². The number of benzene rings is 1. The zero-order chi connectivity index (χ0) is 25.4. The van der Waals surface area contributed by atoms with E-state index in [1.807, 2.05) is 24.3 Å². The van der Waals surface area contributed by atoms with E-state index >= 15 is 0 Å². The van der Waals surface area contributed by atoms with Crippen molar-refractivity contribution in [3.8, 4) is 21.7 Å². The van der Waals surface area contributed by atoms with Gasteiger partial charge in [0.2, 0.25) is 11.9 Å². The number of halogens is 2. The molecule has 1 fully saturated rings. The van der Waals surface area contributed by atoms with Gasteiger partial charge in [-0.25, -0.2) is 19.3 Å². The highest BCUT2D eigenvalue weighted by Gasteiger charge is 2.25. The standard InChI is InChI=1S/C26H24F2N8S/c1-15(33-17-5-6-17)20-13-30-23(28)12-19(20)18-4-2-3-16-11-22(37-25(16)18)24-21(27)14-31-26(34-24)29-7-9-36-10-8-32-35-36/h2-4,8,10-15,17,33H,5-7,9H2,1H3,(H,29,31,34). The molecular formula is C26H24F2N8S. The second-order valence-electron chi connectivity index (χ2n) is 9.07. The molecule has 1 aromatic carbocycles. The average molecular weight is 519 g/mol. The highest BCUT2D eigenvalue weighted by atomic mass is 32.1.